The van der Waals surface area contributed by atoms with Crippen molar-refractivity contribution in [1.82, 2.24) is 0 Å². The molecule has 0 amide bonds. The first-order chi connectivity index (χ1) is 6.77. The predicted molar refractivity (Wildman–Crippen MR) is 65.0 cm³/mol. The maximum atomic E-state index is 2.29. The minimum atomic E-state index is 0.796. The molecule has 0 N–H and O–H groups in total. The second-order valence-electron chi connectivity index (χ2n) is 4.19. The Hall–Kier alpha value is -0.820. The lowest BCUT2D eigenvalue weighted by Gasteiger charge is -2.05. The SMILES string of the molecule is CC(C)CCc1cccc2ccsc12. The lowest BCUT2D eigenvalue weighted by molar-refractivity contribution is 0.588. The van der Waals surface area contributed by atoms with Crippen LogP contribution in [0.25, 0.3) is 10.1 Å². The third-order valence-electron chi connectivity index (χ3n) is 2.55. The van der Waals surface area contributed by atoms with Gasteiger partial charge in [0.15, 0.2) is 0 Å². The van der Waals surface area contributed by atoms with Crippen LogP contribution in [0.5, 0.6) is 0 Å². The topological polar surface area (TPSA) is 0 Å². The Morgan fingerprint density at radius 3 is 2.86 bits per heavy atom. The van der Waals surface area contributed by atoms with Crippen LogP contribution in [0.4, 0.5) is 0 Å². The Balaban J connectivity index is 2.27. The van der Waals surface area contributed by atoms with Crippen molar-refractivity contribution < 1.29 is 0 Å². The van der Waals surface area contributed by atoms with E-state index in [1.54, 1.807) is 0 Å². The van der Waals surface area contributed by atoms with Crippen molar-refractivity contribution in [3.63, 3.8) is 0 Å². The molecule has 74 valence electrons. The van der Waals surface area contributed by atoms with Crippen molar-refractivity contribution in [2.45, 2.75) is 26.7 Å². The van der Waals surface area contributed by atoms with Crippen LogP contribution in [0.3, 0.4) is 0 Å². The highest BCUT2D eigenvalue weighted by Crippen LogP contribution is 2.26. The smallest absolute Gasteiger partial charge is 0.0374 e. The van der Waals surface area contributed by atoms with Gasteiger partial charge < -0.3 is 0 Å². The molecule has 0 aliphatic rings. The summed E-state index contributed by atoms with van der Waals surface area (Å²) in [5.74, 6) is 0.796. The molecule has 0 atom stereocenters. The molecule has 0 unspecified atom stereocenters. The fourth-order valence-electron chi connectivity index (χ4n) is 1.70. The molecule has 0 radical (unpaired) electrons. The van der Waals surface area contributed by atoms with Crippen LogP contribution < -0.4 is 0 Å². The van der Waals surface area contributed by atoms with E-state index in [4.69, 9.17) is 0 Å². The minimum Gasteiger partial charge on any atom is -0.144 e. The van der Waals surface area contributed by atoms with E-state index in [2.05, 4.69) is 43.5 Å². The van der Waals surface area contributed by atoms with Crippen LogP contribution in [-0.2, 0) is 6.42 Å². The molecule has 0 aliphatic heterocycles. The zero-order valence-electron chi connectivity index (χ0n) is 8.79. The van der Waals surface area contributed by atoms with Gasteiger partial charge in [-0.1, -0.05) is 32.0 Å². The summed E-state index contributed by atoms with van der Waals surface area (Å²) in [5.41, 5.74) is 1.52. The van der Waals surface area contributed by atoms with Crippen molar-refractivity contribution >= 4 is 21.4 Å². The van der Waals surface area contributed by atoms with Crippen LogP contribution in [0.1, 0.15) is 25.8 Å². The zero-order valence-corrected chi connectivity index (χ0v) is 9.60. The molecule has 2 rings (SSSR count). The maximum absolute atomic E-state index is 2.29. The van der Waals surface area contributed by atoms with Gasteiger partial charge in [-0.15, -0.1) is 11.3 Å². The van der Waals surface area contributed by atoms with Crippen molar-refractivity contribution in [3.8, 4) is 0 Å². The second kappa shape index (κ2) is 4.14. The Morgan fingerprint density at radius 1 is 1.21 bits per heavy atom. The highest BCUT2D eigenvalue weighted by molar-refractivity contribution is 7.17. The number of benzene rings is 1. The van der Waals surface area contributed by atoms with Gasteiger partial charge in [0.25, 0.3) is 0 Å². The van der Waals surface area contributed by atoms with E-state index in [1.165, 1.54) is 28.5 Å². The van der Waals surface area contributed by atoms with Crippen LogP contribution in [0, 0.1) is 5.92 Å². The monoisotopic (exact) mass is 204 g/mol. The number of rotatable bonds is 3. The molecule has 1 aromatic heterocycles. The largest absolute Gasteiger partial charge is 0.144 e. The van der Waals surface area contributed by atoms with Gasteiger partial charge in [-0.05, 0) is 41.2 Å². The van der Waals surface area contributed by atoms with Gasteiger partial charge in [0.1, 0.15) is 0 Å². The summed E-state index contributed by atoms with van der Waals surface area (Å²) in [4.78, 5) is 0. The first-order valence-electron chi connectivity index (χ1n) is 5.22. The molecular weight excluding hydrogens is 188 g/mol. The van der Waals surface area contributed by atoms with Crippen LogP contribution in [0.15, 0.2) is 29.6 Å². The van der Waals surface area contributed by atoms with Crippen LogP contribution in [0.2, 0.25) is 0 Å². The van der Waals surface area contributed by atoms with Crippen molar-refractivity contribution in [3.05, 3.63) is 35.2 Å². The lowest BCUT2D eigenvalue weighted by Crippen LogP contribution is -1.91. The lowest BCUT2D eigenvalue weighted by atomic mass is 10.0. The number of thiophene rings is 1. The number of hydrogen-bond acceptors (Lipinski definition) is 1. The Labute approximate surface area is 89.6 Å². The van der Waals surface area contributed by atoms with E-state index in [0.717, 1.165) is 5.92 Å². The average Bonchev–Trinajstić information content (AvgIpc) is 2.62. The highest BCUT2D eigenvalue weighted by Gasteiger charge is 2.02. The normalized spacial score (nSPS) is 11.4. The fourth-order valence-corrected chi connectivity index (χ4v) is 2.64. The summed E-state index contributed by atoms with van der Waals surface area (Å²) in [6, 6.07) is 8.84. The molecule has 0 spiro atoms. The van der Waals surface area contributed by atoms with E-state index >= 15 is 0 Å². The van der Waals surface area contributed by atoms with Crippen molar-refractivity contribution in [2.24, 2.45) is 5.92 Å². The Bertz CT molecular complexity index is 412. The van der Waals surface area contributed by atoms with E-state index in [0.29, 0.717) is 0 Å². The number of fused-ring (bicyclic) bond motifs is 1. The molecule has 0 aliphatic carbocycles. The summed E-state index contributed by atoms with van der Waals surface area (Å²) in [5, 5.41) is 3.58. The van der Waals surface area contributed by atoms with Crippen LogP contribution in [-0.4, -0.2) is 0 Å². The standard InChI is InChI=1S/C13H16S/c1-10(2)6-7-11-4-3-5-12-8-9-14-13(11)12/h3-5,8-10H,6-7H2,1-2H3. The van der Waals surface area contributed by atoms with Gasteiger partial charge in [-0.25, -0.2) is 0 Å². The summed E-state index contributed by atoms with van der Waals surface area (Å²) in [6.45, 7) is 4.57. The maximum Gasteiger partial charge on any atom is 0.0374 e. The van der Waals surface area contributed by atoms with E-state index < -0.39 is 0 Å². The molecule has 0 fully saturated rings. The van der Waals surface area contributed by atoms with Crippen LogP contribution >= 0.6 is 11.3 Å². The van der Waals surface area contributed by atoms with Gasteiger partial charge >= 0.3 is 0 Å². The van der Waals surface area contributed by atoms with Gasteiger partial charge in [0, 0.05) is 4.70 Å². The van der Waals surface area contributed by atoms with E-state index in [9.17, 15) is 0 Å². The van der Waals surface area contributed by atoms with Crippen molar-refractivity contribution in [1.29, 1.82) is 0 Å². The van der Waals surface area contributed by atoms with Gasteiger partial charge in [-0.3, -0.25) is 0 Å². The average molecular weight is 204 g/mol. The molecule has 0 nitrogen and oxygen atoms in total. The highest BCUT2D eigenvalue weighted by atomic mass is 32.1. The first-order valence-corrected chi connectivity index (χ1v) is 6.10. The fraction of sp³-hybridized carbons (Fsp3) is 0.385. The van der Waals surface area contributed by atoms with Crippen molar-refractivity contribution in [2.75, 3.05) is 0 Å². The first kappa shape index (κ1) is 9.72. The molecule has 14 heavy (non-hydrogen) atoms. The zero-order chi connectivity index (χ0) is 9.97. The minimum absolute atomic E-state index is 0.796. The van der Waals surface area contributed by atoms with Gasteiger partial charge in [0.2, 0.25) is 0 Å². The van der Waals surface area contributed by atoms with Gasteiger partial charge in [0.05, 0.1) is 0 Å². The molecule has 1 heteroatoms. The molecular formula is C13H16S. The summed E-state index contributed by atoms with van der Waals surface area (Å²) >= 11 is 1.87. The number of aryl methyl sites for hydroxylation is 1. The predicted octanol–water partition coefficient (Wildman–Crippen LogP) is 4.49. The molecule has 1 heterocycles. The Kier molecular flexibility index (Phi) is 2.87. The summed E-state index contributed by atoms with van der Waals surface area (Å²) < 4.78 is 1.48. The summed E-state index contributed by atoms with van der Waals surface area (Å²) in [7, 11) is 0. The quantitative estimate of drug-likeness (QED) is 0.691. The summed E-state index contributed by atoms with van der Waals surface area (Å²) in [6.07, 6.45) is 2.51. The molecule has 0 saturated heterocycles. The third kappa shape index (κ3) is 1.98. The molecule has 1 aromatic carbocycles. The molecule has 2 aromatic rings. The van der Waals surface area contributed by atoms with E-state index in [-0.39, 0.29) is 0 Å². The van der Waals surface area contributed by atoms with E-state index in [1.807, 2.05) is 11.3 Å². The third-order valence-corrected chi connectivity index (χ3v) is 3.56. The second-order valence-corrected chi connectivity index (χ2v) is 5.10. The number of hydrogen-bond donors (Lipinski definition) is 0. The molecule has 0 saturated carbocycles. The molecule has 0 bridgehead atoms. The Morgan fingerprint density at radius 2 is 2.07 bits per heavy atom. The van der Waals surface area contributed by atoms with Gasteiger partial charge in [-0.2, -0.15) is 0 Å².